The lowest BCUT2D eigenvalue weighted by atomic mass is 10.0. The topological polar surface area (TPSA) is 89.8 Å². The molecule has 0 bridgehead atoms. The van der Waals surface area contributed by atoms with Crippen molar-refractivity contribution >= 4 is 5.91 Å². The van der Waals surface area contributed by atoms with Gasteiger partial charge in [0.05, 0.1) is 31.3 Å². The summed E-state index contributed by atoms with van der Waals surface area (Å²) < 4.78 is 0. The summed E-state index contributed by atoms with van der Waals surface area (Å²) in [5.41, 5.74) is 0. The largest absolute Gasteiger partial charge is 0.394 e. The average Bonchev–Trinajstić information content (AvgIpc) is 3.15. The van der Waals surface area contributed by atoms with Gasteiger partial charge in [0.15, 0.2) is 0 Å². The van der Waals surface area contributed by atoms with E-state index in [4.69, 9.17) is 0 Å². The quantitative estimate of drug-likeness (QED) is 0.0370. The van der Waals surface area contributed by atoms with Crippen LogP contribution in [0.15, 0.2) is 36.5 Å². The fourth-order valence-corrected chi connectivity index (χ4v) is 7.08. The number of amides is 1. The molecule has 4 N–H and O–H groups in total. The molecule has 0 saturated carbocycles. The minimum atomic E-state index is -0.958. The number of rotatable bonds is 42. The normalized spacial score (nSPS) is 13.8. The minimum absolute atomic E-state index is 0.00502. The van der Waals surface area contributed by atoms with Crippen LogP contribution in [0.5, 0.6) is 0 Å². The highest BCUT2D eigenvalue weighted by atomic mass is 16.3. The van der Waals surface area contributed by atoms with Crippen LogP contribution in [0.1, 0.15) is 239 Å². The predicted molar refractivity (Wildman–Crippen MR) is 231 cm³/mol. The maximum atomic E-state index is 12.4. The number of carbonyl (C=O) groups excluding carboxylic acids is 1. The Labute approximate surface area is 330 Å². The van der Waals surface area contributed by atoms with Crippen LogP contribution in [0.2, 0.25) is 0 Å². The Morgan fingerprint density at radius 3 is 1.21 bits per heavy atom. The molecular weight excluding hydrogens is 655 g/mol. The Kier molecular flexibility index (Phi) is 42.1. The fourth-order valence-electron chi connectivity index (χ4n) is 7.08. The number of nitrogens with one attached hydrogen (secondary N) is 1. The van der Waals surface area contributed by atoms with Gasteiger partial charge in [0.1, 0.15) is 0 Å². The lowest BCUT2D eigenvalue weighted by Gasteiger charge is -2.21. The maximum Gasteiger partial charge on any atom is 0.222 e. The van der Waals surface area contributed by atoms with Crippen LogP contribution in [0.25, 0.3) is 0 Å². The van der Waals surface area contributed by atoms with E-state index in [1.807, 2.05) is 6.08 Å². The third-order valence-corrected chi connectivity index (χ3v) is 10.7. The van der Waals surface area contributed by atoms with Gasteiger partial charge in [-0.1, -0.05) is 224 Å². The molecule has 0 heterocycles. The molecule has 0 rings (SSSR count). The standard InChI is InChI=1S/C48H91NO4/c1-3-5-7-9-11-13-15-17-19-21-22-23-24-25-26-28-30-32-34-36-38-40-42-47(52)46(44-50)49-48(53)43-45(51)41-39-37-35-33-31-29-27-20-18-16-14-12-10-8-6-4-2/h25-26,32,34,40,42,45-47,50-52H,3-24,27-31,33,35-39,41,43-44H2,1-2H3,(H,49,53)/b26-25+,34-32+,42-40+. The minimum Gasteiger partial charge on any atom is -0.394 e. The first-order valence-corrected chi connectivity index (χ1v) is 23.3. The molecule has 3 atom stereocenters. The van der Waals surface area contributed by atoms with Crippen molar-refractivity contribution in [2.75, 3.05) is 6.61 Å². The molecule has 53 heavy (non-hydrogen) atoms. The first-order valence-electron chi connectivity index (χ1n) is 23.3. The molecular formula is C48H91NO4. The number of aliphatic hydroxyl groups is 3. The number of carbonyl (C=O) groups is 1. The molecule has 0 aliphatic carbocycles. The van der Waals surface area contributed by atoms with Gasteiger partial charge < -0.3 is 20.6 Å². The van der Waals surface area contributed by atoms with Crippen molar-refractivity contribution in [2.24, 2.45) is 0 Å². The molecule has 5 heteroatoms. The van der Waals surface area contributed by atoms with Crippen LogP contribution in [0.3, 0.4) is 0 Å². The molecule has 0 spiro atoms. The second kappa shape index (κ2) is 43.3. The summed E-state index contributed by atoms with van der Waals surface area (Å²) in [5.74, 6) is -0.327. The molecule has 5 nitrogen and oxygen atoms in total. The number of allylic oxidation sites excluding steroid dienone is 5. The van der Waals surface area contributed by atoms with Gasteiger partial charge in [-0.3, -0.25) is 4.79 Å². The van der Waals surface area contributed by atoms with Crippen LogP contribution < -0.4 is 5.32 Å². The van der Waals surface area contributed by atoms with Crippen molar-refractivity contribution < 1.29 is 20.1 Å². The Morgan fingerprint density at radius 1 is 0.472 bits per heavy atom. The molecule has 0 aliphatic rings. The molecule has 3 unspecified atom stereocenters. The van der Waals surface area contributed by atoms with Gasteiger partial charge in [0.2, 0.25) is 5.91 Å². The Hall–Kier alpha value is -1.43. The SMILES string of the molecule is CCCCCCCCCCCCCC/C=C/CC/C=C/CC/C=C/C(O)C(CO)NC(=O)CC(O)CCCCCCCCCCCCCCCCCC. The van der Waals surface area contributed by atoms with E-state index < -0.39 is 18.2 Å². The van der Waals surface area contributed by atoms with Gasteiger partial charge >= 0.3 is 0 Å². The second-order valence-electron chi connectivity index (χ2n) is 16.0. The molecule has 0 aromatic heterocycles. The van der Waals surface area contributed by atoms with E-state index in [0.717, 1.165) is 38.5 Å². The van der Waals surface area contributed by atoms with Crippen molar-refractivity contribution in [3.05, 3.63) is 36.5 Å². The average molecular weight is 746 g/mol. The second-order valence-corrected chi connectivity index (χ2v) is 16.0. The number of hydrogen-bond acceptors (Lipinski definition) is 4. The van der Waals surface area contributed by atoms with Gasteiger partial charge in [-0.25, -0.2) is 0 Å². The molecule has 0 saturated heterocycles. The van der Waals surface area contributed by atoms with Crippen LogP contribution in [0.4, 0.5) is 0 Å². The highest BCUT2D eigenvalue weighted by molar-refractivity contribution is 5.76. The van der Waals surface area contributed by atoms with E-state index in [0.29, 0.717) is 6.42 Å². The summed E-state index contributed by atoms with van der Waals surface area (Å²) in [7, 11) is 0. The molecule has 0 aromatic carbocycles. The molecule has 0 radical (unpaired) electrons. The number of hydrogen-bond donors (Lipinski definition) is 4. The van der Waals surface area contributed by atoms with Gasteiger partial charge in [0, 0.05) is 0 Å². The smallest absolute Gasteiger partial charge is 0.222 e. The first kappa shape index (κ1) is 51.6. The van der Waals surface area contributed by atoms with Crippen molar-refractivity contribution in [3.8, 4) is 0 Å². The number of aliphatic hydroxyl groups excluding tert-OH is 3. The molecule has 312 valence electrons. The van der Waals surface area contributed by atoms with E-state index in [9.17, 15) is 20.1 Å². The van der Waals surface area contributed by atoms with Crippen molar-refractivity contribution in [1.82, 2.24) is 5.32 Å². The first-order chi connectivity index (χ1) is 26.0. The summed E-state index contributed by atoms with van der Waals surface area (Å²) >= 11 is 0. The molecule has 0 aromatic rings. The van der Waals surface area contributed by atoms with E-state index in [1.165, 1.54) is 173 Å². The predicted octanol–water partition coefficient (Wildman–Crippen LogP) is 13.5. The summed E-state index contributed by atoms with van der Waals surface area (Å²) in [4.78, 5) is 12.4. The zero-order chi connectivity index (χ0) is 38.7. The number of unbranched alkanes of at least 4 members (excludes halogenated alkanes) is 29. The van der Waals surface area contributed by atoms with Crippen molar-refractivity contribution in [1.29, 1.82) is 0 Å². The van der Waals surface area contributed by atoms with Crippen LogP contribution in [-0.4, -0.2) is 46.1 Å². The highest BCUT2D eigenvalue weighted by Crippen LogP contribution is 2.16. The zero-order valence-electron chi connectivity index (χ0n) is 35.4. The van der Waals surface area contributed by atoms with Crippen LogP contribution >= 0.6 is 0 Å². The van der Waals surface area contributed by atoms with Crippen molar-refractivity contribution in [2.45, 2.75) is 257 Å². The Morgan fingerprint density at radius 2 is 0.811 bits per heavy atom. The lowest BCUT2D eigenvalue weighted by molar-refractivity contribution is -0.124. The lowest BCUT2D eigenvalue weighted by Crippen LogP contribution is -2.45. The zero-order valence-corrected chi connectivity index (χ0v) is 35.4. The summed E-state index contributed by atoms with van der Waals surface area (Å²) in [6, 6.07) is -0.765. The third kappa shape index (κ3) is 40.1. The Bertz CT molecular complexity index is 824. The van der Waals surface area contributed by atoms with Gasteiger partial charge in [-0.15, -0.1) is 0 Å². The molecule has 0 aliphatic heterocycles. The van der Waals surface area contributed by atoms with Crippen LogP contribution in [-0.2, 0) is 4.79 Å². The van der Waals surface area contributed by atoms with Gasteiger partial charge in [-0.05, 0) is 44.9 Å². The maximum absolute atomic E-state index is 12.4. The fraction of sp³-hybridized carbons (Fsp3) is 0.854. The van der Waals surface area contributed by atoms with E-state index >= 15 is 0 Å². The van der Waals surface area contributed by atoms with Gasteiger partial charge in [0.25, 0.3) is 0 Å². The summed E-state index contributed by atoms with van der Waals surface area (Å²) in [6.07, 6.45) is 54.4. The highest BCUT2D eigenvalue weighted by Gasteiger charge is 2.20. The Balaban J connectivity index is 3.71. The summed E-state index contributed by atoms with van der Waals surface area (Å²) in [6.45, 7) is 4.21. The van der Waals surface area contributed by atoms with E-state index in [1.54, 1.807) is 6.08 Å². The monoisotopic (exact) mass is 746 g/mol. The van der Waals surface area contributed by atoms with E-state index in [-0.39, 0.29) is 18.9 Å². The summed E-state index contributed by atoms with van der Waals surface area (Å²) in [5, 5.41) is 33.2. The third-order valence-electron chi connectivity index (χ3n) is 10.7. The molecule has 0 fully saturated rings. The molecule has 1 amide bonds. The van der Waals surface area contributed by atoms with E-state index in [2.05, 4.69) is 43.5 Å². The van der Waals surface area contributed by atoms with Crippen LogP contribution in [0, 0.1) is 0 Å². The van der Waals surface area contributed by atoms with Crippen molar-refractivity contribution in [3.63, 3.8) is 0 Å². The van der Waals surface area contributed by atoms with Gasteiger partial charge in [-0.2, -0.15) is 0 Å².